The molecule has 0 bridgehead atoms. The number of amides is 1. The first kappa shape index (κ1) is 18.1. The lowest BCUT2D eigenvalue weighted by Crippen LogP contribution is -2.19. The van der Waals surface area contributed by atoms with Gasteiger partial charge in [0.05, 0.1) is 17.7 Å². The van der Waals surface area contributed by atoms with Crippen LogP contribution in [0, 0.1) is 6.92 Å². The maximum absolute atomic E-state index is 12.3. The van der Waals surface area contributed by atoms with Gasteiger partial charge in [-0.05, 0) is 72.8 Å². The molecular formula is C22H19N3O2S. The minimum atomic E-state index is -0.131. The van der Waals surface area contributed by atoms with Gasteiger partial charge in [-0.2, -0.15) is 0 Å². The zero-order valence-corrected chi connectivity index (χ0v) is 16.4. The lowest BCUT2D eigenvalue weighted by atomic mass is 10.2. The number of hydrogen-bond donors (Lipinski definition) is 1. The topological polar surface area (TPSA) is 55.6 Å². The van der Waals surface area contributed by atoms with Crippen LogP contribution in [0.5, 0.6) is 5.75 Å². The Balaban J connectivity index is 1.52. The third-order valence-corrected chi connectivity index (χ3v) is 5.21. The third-order valence-electron chi connectivity index (χ3n) is 4.30. The molecule has 2 aromatic carbocycles. The fourth-order valence-electron chi connectivity index (χ4n) is 2.78. The van der Waals surface area contributed by atoms with Gasteiger partial charge in [-0.25, -0.2) is 4.99 Å². The molecule has 6 heteroatoms. The molecular weight excluding hydrogens is 370 g/mol. The van der Waals surface area contributed by atoms with E-state index < -0.39 is 0 Å². The SMILES string of the molecule is COc1ccc(-n2ccc(/C=C3/SC(=Nc4ccc(C)cc4)NC3=O)c2)cc1. The van der Waals surface area contributed by atoms with E-state index in [0.717, 1.165) is 22.7 Å². The number of aromatic nitrogens is 1. The number of rotatable bonds is 4. The van der Waals surface area contributed by atoms with Crippen LogP contribution < -0.4 is 10.1 Å². The minimum absolute atomic E-state index is 0.131. The normalized spacial score (nSPS) is 16.6. The van der Waals surface area contributed by atoms with Crippen LogP contribution in [-0.4, -0.2) is 22.8 Å². The molecule has 2 heterocycles. The Morgan fingerprint density at radius 3 is 2.54 bits per heavy atom. The van der Waals surface area contributed by atoms with Crippen molar-refractivity contribution in [2.45, 2.75) is 6.92 Å². The Bertz CT molecular complexity index is 1060. The predicted octanol–water partition coefficient (Wildman–Crippen LogP) is 4.69. The first-order chi connectivity index (χ1) is 13.6. The van der Waals surface area contributed by atoms with Crippen LogP contribution in [0.1, 0.15) is 11.1 Å². The van der Waals surface area contributed by atoms with Crippen LogP contribution in [0.2, 0.25) is 0 Å². The van der Waals surface area contributed by atoms with Crippen LogP contribution in [0.25, 0.3) is 11.8 Å². The number of thioether (sulfide) groups is 1. The molecule has 1 saturated heterocycles. The van der Waals surface area contributed by atoms with Gasteiger partial charge in [0.2, 0.25) is 0 Å². The van der Waals surface area contributed by atoms with Crippen molar-refractivity contribution < 1.29 is 9.53 Å². The van der Waals surface area contributed by atoms with Crippen molar-refractivity contribution in [1.29, 1.82) is 0 Å². The molecule has 1 aliphatic heterocycles. The van der Waals surface area contributed by atoms with E-state index >= 15 is 0 Å². The summed E-state index contributed by atoms with van der Waals surface area (Å²) in [6.45, 7) is 2.03. The molecule has 1 aromatic heterocycles. The molecule has 1 aliphatic rings. The predicted molar refractivity (Wildman–Crippen MR) is 114 cm³/mol. The lowest BCUT2D eigenvalue weighted by Gasteiger charge is -2.04. The summed E-state index contributed by atoms with van der Waals surface area (Å²) in [4.78, 5) is 17.4. The second kappa shape index (κ2) is 7.78. The van der Waals surface area contributed by atoms with Gasteiger partial charge >= 0.3 is 0 Å². The van der Waals surface area contributed by atoms with Crippen molar-refractivity contribution >= 4 is 34.6 Å². The van der Waals surface area contributed by atoms with E-state index in [1.165, 1.54) is 17.3 Å². The molecule has 0 aliphatic carbocycles. The molecule has 3 aromatic rings. The second-order valence-corrected chi connectivity index (χ2v) is 7.40. The molecule has 1 fully saturated rings. The van der Waals surface area contributed by atoms with E-state index in [9.17, 15) is 4.79 Å². The molecule has 0 unspecified atom stereocenters. The Hall–Kier alpha value is -3.25. The smallest absolute Gasteiger partial charge is 0.264 e. The number of methoxy groups -OCH3 is 1. The van der Waals surface area contributed by atoms with Crippen molar-refractivity contribution in [3.8, 4) is 11.4 Å². The Labute approximate surface area is 167 Å². The Morgan fingerprint density at radius 2 is 1.82 bits per heavy atom. The summed E-state index contributed by atoms with van der Waals surface area (Å²) in [7, 11) is 1.65. The zero-order valence-electron chi connectivity index (χ0n) is 15.5. The molecule has 5 nitrogen and oxygen atoms in total. The number of ether oxygens (including phenoxy) is 1. The monoisotopic (exact) mass is 389 g/mol. The second-order valence-electron chi connectivity index (χ2n) is 6.37. The number of amidine groups is 1. The van der Waals surface area contributed by atoms with Gasteiger partial charge < -0.3 is 14.6 Å². The van der Waals surface area contributed by atoms with Crippen molar-refractivity contribution in [1.82, 2.24) is 9.88 Å². The largest absolute Gasteiger partial charge is 0.497 e. The van der Waals surface area contributed by atoms with Crippen LogP contribution in [0.4, 0.5) is 5.69 Å². The summed E-state index contributed by atoms with van der Waals surface area (Å²) >= 11 is 1.35. The molecule has 28 heavy (non-hydrogen) atoms. The van der Waals surface area contributed by atoms with E-state index in [0.29, 0.717) is 10.1 Å². The average Bonchev–Trinajstić information content (AvgIpc) is 3.31. The summed E-state index contributed by atoms with van der Waals surface area (Å²) in [6, 6.07) is 17.7. The number of hydrogen-bond acceptors (Lipinski definition) is 4. The van der Waals surface area contributed by atoms with Crippen LogP contribution in [0.15, 0.2) is 76.9 Å². The first-order valence-corrected chi connectivity index (χ1v) is 9.61. The third kappa shape index (κ3) is 4.02. The highest BCUT2D eigenvalue weighted by atomic mass is 32.2. The maximum atomic E-state index is 12.3. The van der Waals surface area contributed by atoms with Crippen molar-refractivity contribution in [2.24, 2.45) is 4.99 Å². The molecule has 1 amide bonds. The highest BCUT2D eigenvalue weighted by Gasteiger charge is 2.23. The summed E-state index contributed by atoms with van der Waals surface area (Å²) in [5.41, 5.74) is 3.97. The summed E-state index contributed by atoms with van der Waals surface area (Å²) in [5, 5.41) is 3.42. The van der Waals surface area contributed by atoms with Crippen LogP contribution in [0.3, 0.4) is 0 Å². The number of nitrogens with zero attached hydrogens (tertiary/aromatic N) is 2. The van der Waals surface area contributed by atoms with Gasteiger partial charge in [0.1, 0.15) is 5.75 Å². The number of carbonyl (C=O) groups is 1. The van der Waals surface area contributed by atoms with Crippen molar-refractivity contribution in [2.75, 3.05) is 7.11 Å². The van der Waals surface area contributed by atoms with Crippen molar-refractivity contribution in [3.05, 3.63) is 83.0 Å². The number of aliphatic imine (C=N–C) groups is 1. The fraction of sp³-hybridized carbons (Fsp3) is 0.0909. The zero-order chi connectivity index (χ0) is 19.5. The molecule has 4 rings (SSSR count). The number of carbonyl (C=O) groups excluding carboxylic acids is 1. The van der Waals surface area contributed by atoms with E-state index in [1.807, 2.05) is 84.6 Å². The van der Waals surface area contributed by atoms with Gasteiger partial charge in [0.25, 0.3) is 5.91 Å². The van der Waals surface area contributed by atoms with Crippen LogP contribution >= 0.6 is 11.8 Å². The van der Waals surface area contributed by atoms with E-state index in [-0.39, 0.29) is 5.91 Å². The number of aryl methyl sites for hydroxylation is 1. The van der Waals surface area contributed by atoms with E-state index in [4.69, 9.17) is 4.74 Å². The van der Waals surface area contributed by atoms with E-state index in [1.54, 1.807) is 7.11 Å². The van der Waals surface area contributed by atoms with Crippen LogP contribution in [-0.2, 0) is 4.79 Å². The van der Waals surface area contributed by atoms with E-state index in [2.05, 4.69) is 10.3 Å². The van der Waals surface area contributed by atoms with Gasteiger partial charge in [0, 0.05) is 18.1 Å². The molecule has 0 radical (unpaired) electrons. The molecule has 0 saturated carbocycles. The summed E-state index contributed by atoms with van der Waals surface area (Å²) in [6.07, 6.45) is 5.82. The quantitative estimate of drug-likeness (QED) is 0.659. The molecule has 0 spiro atoms. The standard InChI is InChI=1S/C22H19N3O2S/c1-15-3-5-17(6-4-15)23-22-24-21(26)20(28-22)13-16-11-12-25(14-16)18-7-9-19(27-2)10-8-18/h3-14H,1-2H3,(H,23,24,26)/b20-13+. The summed E-state index contributed by atoms with van der Waals surface area (Å²) < 4.78 is 7.20. The maximum Gasteiger partial charge on any atom is 0.264 e. The highest BCUT2D eigenvalue weighted by molar-refractivity contribution is 8.18. The Morgan fingerprint density at radius 1 is 1.07 bits per heavy atom. The molecule has 0 atom stereocenters. The average molecular weight is 389 g/mol. The Kier molecular flexibility index (Phi) is 5.04. The number of nitrogens with one attached hydrogen (secondary N) is 1. The van der Waals surface area contributed by atoms with Gasteiger partial charge in [-0.3, -0.25) is 4.79 Å². The lowest BCUT2D eigenvalue weighted by molar-refractivity contribution is -0.115. The minimum Gasteiger partial charge on any atom is -0.497 e. The highest BCUT2D eigenvalue weighted by Crippen LogP contribution is 2.28. The van der Waals surface area contributed by atoms with Crippen molar-refractivity contribution in [3.63, 3.8) is 0 Å². The fourth-order valence-corrected chi connectivity index (χ4v) is 3.62. The van der Waals surface area contributed by atoms with Gasteiger partial charge in [-0.1, -0.05) is 17.7 Å². The summed E-state index contributed by atoms with van der Waals surface area (Å²) in [5.74, 6) is 0.686. The van der Waals surface area contributed by atoms with Gasteiger partial charge in [-0.15, -0.1) is 0 Å². The first-order valence-electron chi connectivity index (χ1n) is 8.79. The molecule has 140 valence electrons. The number of benzene rings is 2. The molecule has 1 N–H and O–H groups in total. The van der Waals surface area contributed by atoms with Gasteiger partial charge in [0.15, 0.2) is 5.17 Å².